The number of nitroso groups, excluding NO2 is 1. The molecule has 0 aliphatic rings. The van der Waals surface area contributed by atoms with E-state index in [9.17, 15) is 18.1 Å². The van der Waals surface area contributed by atoms with Crippen molar-refractivity contribution in [1.82, 2.24) is 0 Å². The largest absolute Gasteiger partial charge is 0.423 e. The van der Waals surface area contributed by atoms with Crippen LogP contribution in [0.2, 0.25) is 0 Å². The van der Waals surface area contributed by atoms with Gasteiger partial charge in [0, 0.05) is 4.47 Å². The Balaban J connectivity index is 3.38. The second kappa shape index (κ2) is 3.56. The number of alkyl halides is 3. The summed E-state index contributed by atoms with van der Waals surface area (Å²) in [7, 11) is 0. The van der Waals surface area contributed by atoms with Crippen molar-refractivity contribution in [3.05, 3.63) is 33.1 Å². The van der Waals surface area contributed by atoms with Crippen molar-refractivity contribution in [2.24, 2.45) is 5.84 Å². The fraction of sp³-hybridized carbons (Fsp3) is 0.143. The first-order valence-electron chi connectivity index (χ1n) is 3.33. The third-order valence-corrected chi connectivity index (χ3v) is 1.87. The Labute approximate surface area is 85.4 Å². The topological polar surface area (TPSA) is 46.1 Å². The van der Waals surface area contributed by atoms with E-state index in [1.807, 2.05) is 0 Å². The van der Waals surface area contributed by atoms with E-state index in [1.54, 1.807) is 0 Å². The number of nitrogens with two attached hydrogens (primary N) is 1. The van der Waals surface area contributed by atoms with Gasteiger partial charge in [-0.05, 0) is 12.1 Å². The van der Waals surface area contributed by atoms with E-state index in [2.05, 4.69) is 22.0 Å². The molecule has 0 heterocycles. The predicted octanol–water partition coefficient (Wildman–Crippen LogP) is 2.55. The Morgan fingerprint density at radius 2 is 2.07 bits per heavy atom. The number of hydrazine groups is 1. The maximum absolute atomic E-state index is 12.3. The van der Waals surface area contributed by atoms with Crippen molar-refractivity contribution in [2.45, 2.75) is 6.18 Å². The van der Waals surface area contributed by atoms with Crippen LogP contribution in [-0.2, 0) is 6.18 Å². The van der Waals surface area contributed by atoms with Crippen LogP contribution < -0.4 is 5.84 Å². The molecule has 0 unspecified atom stereocenters. The summed E-state index contributed by atoms with van der Waals surface area (Å²) in [5, 5.41) is 0. The zero-order valence-corrected chi connectivity index (χ0v) is 8.19. The zero-order chi connectivity index (χ0) is 10.9. The van der Waals surface area contributed by atoms with Gasteiger partial charge in [-0.25, -0.2) is 0 Å². The Bertz CT molecular complexity index is 378. The van der Waals surface area contributed by atoms with Gasteiger partial charge < -0.3 is 0 Å². The zero-order valence-electron chi connectivity index (χ0n) is 6.60. The summed E-state index contributed by atoms with van der Waals surface area (Å²) in [5.41, 5.74) is -1.86. The molecule has 0 fully saturated rings. The van der Waals surface area contributed by atoms with Crippen LogP contribution in [0.3, 0.4) is 0 Å². The van der Waals surface area contributed by atoms with Crippen LogP contribution >= 0.6 is 15.9 Å². The first-order valence-corrected chi connectivity index (χ1v) is 4.12. The van der Waals surface area contributed by atoms with Crippen LogP contribution in [0.25, 0.3) is 0 Å². The van der Waals surface area contributed by atoms with E-state index >= 15 is 0 Å². The Morgan fingerprint density at radius 3 is 2.50 bits per heavy atom. The van der Waals surface area contributed by atoms with Crippen molar-refractivity contribution < 1.29 is 18.0 Å². The molecule has 1 radical (unpaired) electrons. The molecule has 14 heavy (non-hydrogen) atoms. The molecule has 3 nitrogen and oxygen atoms in total. The lowest BCUT2D eigenvalue weighted by atomic mass is 10.2. The minimum Gasteiger partial charge on any atom is -0.166 e. The highest BCUT2D eigenvalue weighted by Crippen LogP contribution is 2.36. The van der Waals surface area contributed by atoms with Crippen molar-refractivity contribution in [3.8, 4) is 0 Å². The van der Waals surface area contributed by atoms with Crippen LogP contribution in [0.4, 0.5) is 18.9 Å². The second-order valence-corrected chi connectivity index (χ2v) is 3.32. The summed E-state index contributed by atoms with van der Waals surface area (Å²) in [4.78, 5) is 10.2. The average Bonchev–Trinajstić information content (AvgIpc) is 2.01. The quantitative estimate of drug-likeness (QED) is 0.483. The fourth-order valence-corrected chi connectivity index (χ4v) is 1.20. The molecule has 0 bridgehead atoms. The Morgan fingerprint density at radius 1 is 1.50 bits per heavy atom. The summed E-state index contributed by atoms with van der Waals surface area (Å²) < 4.78 is 37.2. The van der Waals surface area contributed by atoms with Gasteiger partial charge in [0.2, 0.25) is 0 Å². The number of benzene rings is 1. The molecule has 0 spiro atoms. The minimum atomic E-state index is -4.63. The van der Waals surface area contributed by atoms with E-state index in [1.165, 1.54) is 6.07 Å². The molecule has 0 aliphatic carbocycles. The van der Waals surface area contributed by atoms with Crippen LogP contribution in [-0.4, -0.2) is 4.87 Å². The molecule has 7 heteroatoms. The van der Waals surface area contributed by atoms with Crippen molar-refractivity contribution >= 4 is 21.6 Å². The fourth-order valence-electron chi connectivity index (χ4n) is 0.861. The third-order valence-electron chi connectivity index (χ3n) is 1.41. The van der Waals surface area contributed by atoms with E-state index in [4.69, 9.17) is 5.84 Å². The Kier molecular flexibility index (Phi) is 2.79. The maximum atomic E-state index is 12.3. The molecule has 0 aliphatic heterocycles. The van der Waals surface area contributed by atoms with Crippen LogP contribution in [0, 0.1) is 11.0 Å². The normalized spacial score (nSPS) is 11.4. The van der Waals surface area contributed by atoms with E-state index in [0.29, 0.717) is 0 Å². The van der Waals surface area contributed by atoms with Gasteiger partial charge in [0.15, 0.2) is 4.87 Å². The van der Waals surface area contributed by atoms with E-state index in [0.717, 1.165) is 6.07 Å². The molecule has 0 atom stereocenters. The first kappa shape index (κ1) is 11.0. The highest BCUT2D eigenvalue weighted by Gasteiger charge is 2.39. The summed E-state index contributed by atoms with van der Waals surface area (Å²) >= 11 is 2.85. The molecule has 0 saturated heterocycles. The molecule has 1 aromatic rings. The van der Waals surface area contributed by atoms with Crippen molar-refractivity contribution in [2.75, 3.05) is 0 Å². The third kappa shape index (κ3) is 2.22. The first-order chi connectivity index (χ1) is 6.32. The summed E-state index contributed by atoms with van der Waals surface area (Å²) in [6.07, 6.45) is -4.63. The van der Waals surface area contributed by atoms with Gasteiger partial charge in [0.1, 0.15) is 5.56 Å². The lowest BCUT2D eigenvalue weighted by Gasteiger charge is -2.05. The van der Waals surface area contributed by atoms with Gasteiger partial charge in [-0.3, -0.25) is 0 Å². The number of halogens is 4. The lowest BCUT2D eigenvalue weighted by Crippen LogP contribution is -2.16. The minimum absolute atomic E-state index is 0.176. The molecule has 1 aromatic carbocycles. The summed E-state index contributed by atoms with van der Waals surface area (Å²) in [6.45, 7) is 0. The average molecular weight is 269 g/mol. The predicted molar refractivity (Wildman–Crippen MR) is 45.5 cm³/mol. The summed E-state index contributed by atoms with van der Waals surface area (Å²) in [5.74, 6) is 4.69. The molecular formula is C7H4BrF3N2O+. The molecule has 75 valence electrons. The highest BCUT2D eigenvalue weighted by molar-refractivity contribution is 9.10. The SMILES string of the molecule is N[N+](=O)c1[c]cc(Br)cc1C(F)(F)F. The van der Waals surface area contributed by atoms with Gasteiger partial charge >= 0.3 is 11.9 Å². The lowest BCUT2D eigenvalue weighted by molar-refractivity contribution is -0.477. The molecule has 0 saturated carbocycles. The molecule has 1 rings (SSSR count). The molecule has 0 amide bonds. The maximum Gasteiger partial charge on any atom is 0.423 e. The van der Waals surface area contributed by atoms with Gasteiger partial charge in [-0.1, -0.05) is 15.9 Å². The molecular weight excluding hydrogens is 265 g/mol. The smallest absolute Gasteiger partial charge is 0.166 e. The second-order valence-electron chi connectivity index (χ2n) is 2.40. The number of rotatable bonds is 1. The van der Waals surface area contributed by atoms with Crippen LogP contribution in [0.15, 0.2) is 16.6 Å². The monoisotopic (exact) mass is 268 g/mol. The highest BCUT2D eigenvalue weighted by atomic mass is 79.9. The van der Waals surface area contributed by atoms with E-state index in [-0.39, 0.29) is 9.34 Å². The van der Waals surface area contributed by atoms with Gasteiger partial charge in [-0.15, -0.1) is 0 Å². The number of nitrogens with zero attached hydrogens (tertiary/aromatic N) is 1. The van der Waals surface area contributed by atoms with Crippen molar-refractivity contribution in [1.29, 1.82) is 0 Å². The summed E-state index contributed by atoms with van der Waals surface area (Å²) in [6, 6.07) is 4.08. The van der Waals surface area contributed by atoms with Gasteiger partial charge in [0.05, 0.1) is 11.0 Å². The number of hydrogen-bond acceptors (Lipinski definition) is 1. The van der Waals surface area contributed by atoms with Gasteiger partial charge in [0.25, 0.3) is 0 Å². The van der Waals surface area contributed by atoms with E-state index < -0.39 is 17.4 Å². The van der Waals surface area contributed by atoms with Gasteiger partial charge in [-0.2, -0.15) is 19.0 Å². The van der Waals surface area contributed by atoms with Crippen LogP contribution in [0.1, 0.15) is 5.56 Å². The molecule has 0 aromatic heterocycles. The Hall–Kier alpha value is -1.11. The standard InChI is InChI=1S/C7H4BrF3N2O/c8-4-1-2-6(13(12)14)5(3-4)7(9,10)11/h1,3H,(H2,12,14)/q+1. The number of hydrogen-bond donors (Lipinski definition) is 1. The van der Waals surface area contributed by atoms with Crippen LogP contribution in [0.5, 0.6) is 0 Å². The van der Waals surface area contributed by atoms with Crippen molar-refractivity contribution in [3.63, 3.8) is 0 Å². The molecule has 2 N–H and O–H groups in total.